The molecule has 102 valence electrons. The molecule has 1 aromatic carbocycles. The third kappa shape index (κ3) is 3.18. The molecule has 0 aliphatic rings. The molecule has 5 nitrogen and oxygen atoms in total. The first-order valence-electron chi connectivity index (χ1n) is 5.73. The number of halogens is 1. The van der Waals surface area contributed by atoms with Crippen molar-refractivity contribution in [3.8, 4) is 0 Å². The van der Waals surface area contributed by atoms with E-state index in [2.05, 4.69) is 4.98 Å². The van der Waals surface area contributed by atoms with Gasteiger partial charge in [-0.3, -0.25) is 0 Å². The summed E-state index contributed by atoms with van der Waals surface area (Å²) in [6, 6.07) is 6.12. The van der Waals surface area contributed by atoms with Crippen LogP contribution in [0.1, 0.15) is 18.3 Å². The first kappa shape index (κ1) is 13.7. The third-order valence-electron chi connectivity index (χ3n) is 2.69. The van der Waals surface area contributed by atoms with Gasteiger partial charge < -0.3 is 4.57 Å². The van der Waals surface area contributed by atoms with Gasteiger partial charge in [-0.15, -0.1) is 0 Å². The van der Waals surface area contributed by atoms with E-state index in [4.69, 9.17) is 5.14 Å². The number of hydrogen-bond donors (Lipinski definition) is 1. The summed E-state index contributed by atoms with van der Waals surface area (Å²) in [6.45, 7) is 2.21. The lowest BCUT2D eigenvalue weighted by Crippen LogP contribution is -2.12. The van der Waals surface area contributed by atoms with Gasteiger partial charge in [0.05, 0.1) is 0 Å². The van der Waals surface area contributed by atoms with Crippen LogP contribution in [0.2, 0.25) is 0 Å². The van der Waals surface area contributed by atoms with Crippen LogP contribution in [0.15, 0.2) is 35.5 Å². The van der Waals surface area contributed by atoms with Crippen molar-refractivity contribution in [3.63, 3.8) is 0 Å². The number of nitrogens with two attached hydrogens (primary N) is 1. The smallest absolute Gasteiger partial charge is 0.257 e. The fourth-order valence-corrected chi connectivity index (χ4v) is 2.32. The minimum atomic E-state index is -3.82. The molecule has 0 aliphatic carbocycles. The number of imidazole rings is 1. The number of nitrogens with zero attached hydrogens (tertiary/aromatic N) is 2. The minimum absolute atomic E-state index is 0.166. The van der Waals surface area contributed by atoms with Gasteiger partial charge in [0.2, 0.25) is 0 Å². The second-order valence-electron chi connectivity index (χ2n) is 4.15. The van der Waals surface area contributed by atoms with Gasteiger partial charge in [0.1, 0.15) is 11.6 Å². The van der Waals surface area contributed by atoms with Gasteiger partial charge in [-0.1, -0.05) is 19.1 Å². The zero-order valence-electron chi connectivity index (χ0n) is 10.4. The zero-order chi connectivity index (χ0) is 14.0. The van der Waals surface area contributed by atoms with Crippen molar-refractivity contribution in [2.45, 2.75) is 24.9 Å². The molecule has 2 aromatic rings. The van der Waals surface area contributed by atoms with Crippen molar-refractivity contribution in [2.24, 2.45) is 5.14 Å². The van der Waals surface area contributed by atoms with E-state index in [1.165, 1.54) is 18.3 Å². The summed E-state index contributed by atoms with van der Waals surface area (Å²) in [5, 5.41) is 4.88. The van der Waals surface area contributed by atoms with Gasteiger partial charge >= 0.3 is 0 Å². The lowest BCUT2D eigenvalue weighted by molar-refractivity contribution is 0.594. The Morgan fingerprint density at radius 3 is 2.74 bits per heavy atom. The van der Waals surface area contributed by atoms with Crippen molar-refractivity contribution < 1.29 is 12.8 Å². The van der Waals surface area contributed by atoms with Crippen LogP contribution >= 0.6 is 0 Å². The van der Waals surface area contributed by atoms with E-state index in [-0.39, 0.29) is 10.8 Å². The molecular formula is C12H14FN3O2S. The summed E-state index contributed by atoms with van der Waals surface area (Å²) in [5.74, 6) is 0.260. The van der Waals surface area contributed by atoms with Crippen molar-refractivity contribution in [3.05, 3.63) is 47.7 Å². The van der Waals surface area contributed by atoms with Crippen molar-refractivity contribution in [2.75, 3.05) is 0 Å². The monoisotopic (exact) mass is 283 g/mol. The number of aromatic nitrogens is 2. The molecular weight excluding hydrogens is 269 g/mol. The molecule has 2 rings (SSSR count). The lowest BCUT2D eigenvalue weighted by Gasteiger charge is -2.06. The number of sulfonamides is 1. The molecule has 0 aliphatic heterocycles. The van der Waals surface area contributed by atoms with Gasteiger partial charge in [0, 0.05) is 19.2 Å². The molecule has 0 fully saturated rings. The van der Waals surface area contributed by atoms with Gasteiger partial charge in [-0.2, -0.15) is 0 Å². The second-order valence-corrected chi connectivity index (χ2v) is 5.66. The molecule has 7 heteroatoms. The summed E-state index contributed by atoms with van der Waals surface area (Å²) in [7, 11) is -3.82. The molecule has 0 amide bonds. The van der Waals surface area contributed by atoms with Gasteiger partial charge in [0.25, 0.3) is 10.0 Å². The molecule has 0 unspecified atom stereocenters. The van der Waals surface area contributed by atoms with Gasteiger partial charge in [0.15, 0.2) is 5.03 Å². The highest BCUT2D eigenvalue weighted by Crippen LogP contribution is 2.12. The molecule has 0 spiro atoms. The molecule has 1 aromatic heterocycles. The van der Waals surface area contributed by atoms with E-state index in [1.807, 2.05) is 6.92 Å². The second kappa shape index (κ2) is 5.10. The Morgan fingerprint density at radius 2 is 2.16 bits per heavy atom. The molecule has 0 atom stereocenters. The van der Waals surface area contributed by atoms with Crippen LogP contribution in [0, 0.1) is 5.82 Å². The highest BCUT2D eigenvalue weighted by atomic mass is 32.2. The standard InChI is InChI=1S/C12H14FN3O2S/c1-2-11-15-12(19(14,17)18)8-16(11)7-9-4-3-5-10(13)6-9/h3-6,8H,2,7H2,1H3,(H2,14,17,18). The molecule has 0 bridgehead atoms. The number of benzene rings is 1. The predicted octanol–water partition coefficient (Wildman–Crippen LogP) is 1.28. The molecule has 0 radical (unpaired) electrons. The third-order valence-corrected chi connectivity index (χ3v) is 3.47. The Balaban J connectivity index is 2.37. The van der Waals surface area contributed by atoms with Crippen LogP contribution in [0.3, 0.4) is 0 Å². The Morgan fingerprint density at radius 1 is 1.42 bits per heavy atom. The topological polar surface area (TPSA) is 78.0 Å². The van der Waals surface area contributed by atoms with Gasteiger partial charge in [-0.05, 0) is 17.7 Å². The summed E-state index contributed by atoms with van der Waals surface area (Å²) in [5.41, 5.74) is 0.730. The van der Waals surface area contributed by atoms with Gasteiger partial charge in [-0.25, -0.2) is 22.9 Å². The van der Waals surface area contributed by atoms with Crippen LogP contribution in [0.5, 0.6) is 0 Å². The first-order valence-corrected chi connectivity index (χ1v) is 7.28. The summed E-state index contributed by atoms with van der Waals surface area (Å²) in [4.78, 5) is 3.97. The Kier molecular flexibility index (Phi) is 3.68. The van der Waals surface area contributed by atoms with Crippen LogP contribution in [-0.4, -0.2) is 18.0 Å². The Labute approximate surface area is 110 Å². The van der Waals surface area contributed by atoms with Crippen LogP contribution in [0.25, 0.3) is 0 Å². The van der Waals surface area contributed by atoms with Crippen LogP contribution < -0.4 is 5.14 Å². The number of primary sulfonamides is 1. The SMILES string of the molecule is CCc1nc(S(N)(=O)=O)cn1Cc1cccc(F)c1. The van der Waals surface area contributed by atoms with Crippen LogP contribution in [0.4, 0.5) is 4.39 Å². The minimum Gasteiger partial charge on any atom is -0.329 e. The van der Waals surface area contributed by atoms with E-state index >= 15 is 0 Å². The lowest BCUT2D eigenvalue weighted by atomic mass is 10.2. The first-order chi connectivity index (χ1) is 8.90. The molecule has 0 saturated carbocycles. The molecule has 1 heterocycles. The fraction of sp³-hybridized carbons (Fsp3) is 0.250. The Bertz CT molecular complexity index is 695. The maximum Gasteiger partial charge on any atom is 0.257 e. The van der Waals surface area contributed by atoms with E-state index in [0.717, 1.165) is 5.56 Å². The maximum absolute atomic E-state index is 13.1. The van der Waals surface area contributed by atoms with Crippen LogP contribution in [-0.2, 0) is 23.0 Å². The average molecular weight is 283 g/mol. The zero-order valence-corrected chi connectivity index (χ0v) is 11.2. The van der Waals surface area contributed by atoms with E-state index < -0.39 is 10.0 Å². The molecule has 2 N–H and O–H groups in total. The van der Waals surface area contributed by atoms with E-state index in [1.54, 1.807) is 16.7 Å². The van der Waals surface area contributed by atoms with E-state index in [9.17, 15) is 12.8 Å². The normalized spacial score (nSPS) is 11.7. The van der Waals surface area contributed by atoms with Crippen molar-refractivity contribution >= 4 is 10.0 Å². The predicted molar refractivity (Wildman–Crippen MR) is 68.5 cm³/mol. The number of rotatable bonds is 4. The maximum atomic E-state index is 13.1. The summed E-state index contributed by atoms with van der Waals surface area (Å²) >= 11 is 0. The largest absolute Gasteiger partial charge is 0.329 e. The molecule has 0 saturated heterocycles. The average Bonchev–Trinajstić information content (AvgIpc) is 2.72. The quantitative estimate of drug-likeness (QED) is 0.918. The Hall–Kier alpha value is -1.73. The highest BCUT2D eigenvalue weighted by molar-refractivity contribution is 7.89. The number of aryl methyl sites for hydroxylation is 1. The van der Waals surface area contributed by atoms with Crippen molar-refractivity contribution in [1.29, 1.82) is 0 Å². The summed E-state index contributed by atoms with van der Waals surface area (Å²) < 4.78 is 37.3. The highest BCUT2D eigenvalue weighted by Gasteiger charge is 2.15. The summed E-state index contributed by atoms with van der Waals surface area (Å²) in [6.07, 6.45) is 1.93. The molecule has 19 heavy (non-hydrogen) atoms. The van der Waals surface area contributed by atoms with E-state index in [0.29, 0.717) is 18.8 Å². The van der Waals surface area contributed by atoms with Crippen molar-refractivity contribution in [1.82, 2.24) is 9.55 Å². The number of hydrogen-bond acceptors (Lipinski definition) is 3. The fourth-order valence-electron chi connectivity index (χ4n) is 1.82.